The van der Waals surface area contributed by atoms with Crippen LogP contribution >= 0.6 is 0 Å². The summed E-state index contributed by atoms with van der Waals surface area (Å²) in [4.78, 5) is 26.1. The molecule has 0 unspecified atom stereocenters. The largest absolute Gasteiger partial charge is 0.466 e. The highest BCUT2D eigenvalue weighted by atomic mass is 16.5. The molecule has 0 spiro atoms. The van der Waals surface area contributed by atoms with Crippen molar-refractivity contribution in [1.82, 2.24) is 4.90 Å². The third kappa shape index (κ3) is 26.0. The molecule has 0 N–H and O–H groups in total. The minimum atomic E-state index is -0.0396. The summed E-state index contributed by atoms with van der Waals surface area (Å²) in [7, 11) is 4.08. The van der Waals surface area contributed by atoms with E-state index >= 15 is 0 Å². The number of carbonyl (C=O) groups is 2. The van der Waals surface area contributed by atoms with Crippen molar-refractivity contribution < 1.29 is 19.1 Å². The summed E-state index contributed by atoms with van der Waals surface area (Å²) >= 11 is 0. The molecule has 1 atom stereocenters. The highest BCUT2D eigenvalue weighted by Crippen LogP contribution is 2.18. The molecule has 0 heterocycles. The van der Waals surface area contributed by atoms with Gasteiger partial charge in [-0.1, -0.05) is 97.3 Å². The van der Waals surface area contributed by atoms with E-state index in [2.05, 4.69) is 18.7 Å². The normalized spacial score (nSPS) is 12.1. The Morgan fingerprint density at radius 1 is 0.583 bits per heavy atom. The van der Waals surface area contributed by atoms with Crippen LogP contribution in [0, 0.1) is 0 Å². The Kier molecular flexibility index (Phi) is 26.1. The minimum absolute atomic E-state index is 0.0225. The van der Waals surface area contributed by atoms with Crippen LogP contribution in [-0.2, 0) is 19.1 Å². The summed E-state index contributed by atoms with van der Waals surface area (Å²) in [6.07, 6.45) is 24.4. The van der Waals surface area contributed by atoms with Crippen LogP contribution in [0.25, 0.3) is 0 Å². The molecule has 0 fully saturated rings. The minimum Gasteiger partial charge on any atom is -0.466 e. The molecule has 214 valence electrons. The van der Waals surface area contributed by atoms with Crippen molar-refractivity contribution in [3.8, 4) is 0 Å². The van der Waals surface area contributed by atoms with E-state index in [1.165, 1.54) is 70.6 Å². The number of esters is 2. The lowest BCUT2D eigenvalue weighted by Crippen LogP contribution is -2.20. The van der Waals surface area contributed by atoms with Gasteiger partial charge in [0.1, 0.15) is 6.10 Å². The second-order valence-electron chi connectivity index (χ2n) is 10.9. The van der Waals surface area contributed by atoms with Gasteiger partial charge in [0.25, 0.3) is 0 Å². The Hall–Kier alpha value is -1.10. The van der Waals surface area contributed by atoms with Crippen molar-refractivity contribution in [2.75, 3.05) is 27.2 Å². The second kappa shape index (κ2) is 26.9. The average Bonchev–Trinajstić information content (AvgIpc) is 2.84. The SMILES string of the molecule is CCCCCCCCCC[C@@H](CCCCCCCCOC(=O)CCCCC)OC(=O)CCCN(C)C. The molecule has 0 amide bonds. The van der Waals surface area contributed by atoms with Gasteiger partial charge in [-0.05, 0) is 65.6 Å². The first-order chi connectivity index (χ1) is 17.5. The van der Waals surface area contributed by atoms with Crippen molar-refractivity contribution in [3.05, 3.63) is 0 Å². The average molecular weight is 512 g/mol. The number of nitrogens with zero attached hydrogens (tertiary/aromatic N) is 1. The van der Waals surface area contributed by atoms with E-state index < -0.39 is 0 Å². The van der Waals surface area contributed by atoms with Gasteiger partial charge >= 0.3 is 11.9 Å². The molecule has 0 aromatic heterocycles. The molecule has 0 bridgehead atoms. The molecule has 5 heteroatoms. The molecule has 0 aromatic carbocycles. The summed E-state index contributed by atoms with van der Waals surface area (Å²) in [5.74, 6) is -0.0621. The van der Waals surface area contributed by atoms with E-state index in [-0.39, 0.29) is 18.0 Å². The monoisotopic (exact) mass is 511 g/mol. The Morgan fingerprint density at radius 3 is 1.61 bits per heavy atom. The molecule has 0 saturated carbocycles. The molecule has 0 radical (unpaired) electrons. The summed E-state index contributed by atoms with van der Waals surface area (Å²) in [6, 6.07) is 0. The Bertz CT molecular complexity index is 495. The highest BCUT2D eigenvalue weighted by molar-refractivity contribution is 5.69. The van der Waals surface area contributed by atoms with E-state index in [1.807, 2.05) is 14.1 Å². The molecule has 0 aromatic rings. The highest BCUT2D eigenvalue weighted by Gasteiger charge is 2.14. The molecule has 5 nitrogen and oxygen atoms in total. The molecular weight excluding hydrogens is 450 g/mol. The lowest BCUT2D eigenvalue weighted by atomic mass is 10.0. The second-order valence-corrected chi connectivity index (χ2v) is 10.9. The quantitative estimate of drug-likeness (QED) is 0.0816. The van der Waals surface area contributed by atoms with Crippen LogP contribution in [0.2, 0.25) is 0 Å². The molecule has 0 rings (SSSR count). The van der Waals surface area contributed by atoms with Crippen LogP contribution in [0.4, 0.5) is 0 Å². The van der Waals surface area contributed by atoms with E-state index in [4.69, 9.17) is 9.47 Å². The van der Waals surface area contributed by atoms with Gasteiger partial charge in [-0.25, -0.2) is 0 Å². The van der Waals surface area contributed by atoms with Crippen molar-refractivity contribution in [1.29, 1.82) is 0 Å². The van der Waals surface area contributed by atoms with Gasteiger partial charge in [0.2, 0.25) is 0 Å². The Balaban J connectivity index is 3.99. The van der Waals surface area contributed by atoms with Crippen LogP contribution in [0.1, 0.15) is 155 Å². The van der Waals surface area contributed by atoms with Gasteiger partial charge in [-0.15, -0.1) is 0 Å². The fourth-order valence-electron chi connectivity index (χ4n) is 4.51. The number of hydrogen-bond donors (Lipinski definition) is 0. The predicted molar refractivity (Wildman–Crippen MR) is 152 cm³/mol. The van der Waals surface area contributed by atoms with E-state index in [1.54, 1.807) is 0 Å². The lowest BCUT2D eigenvalue weighted by molar-refractivity contribution is -0.150. The summed E-state index contributed by atoms with van der Waals surface area (Å²) in [5, 5.41) is 0. The van der Waals surface area contributed by atoms with Crippen molar-refractivity contribution in [2.24, 2.45) is 0 Å². The molecule has 0 aliphatic rings. The first-order valence-corrected chi connectivity index (χ1v) is 15.5. The van der Waals surface area contributed by atoms with Gasteiger partial charge in [-0.3, -0.25) is 9.59 Å². The summed E-state index contributed by atoms with van der Waals surface area (Å²) in [6.45, 7) is 5.89. The van der Waals surface area contributed by atoms with Gasteiger partial charge in [0, 0.05) is 12.8 Å². The number of carbonyl (C=O) groups excluding carboxylic acids is 2. The fourth-order valence-corrected chi connectivity index (χ4v) is 4.51. The molecule has 0 aliphatic heterocycles. The smallest absolute Gasteiger partial charge is 0.306 e. The zero-order chi connectivity index (χ0) is 26.7. The summed E-state index contributed by atoms with van der Waals surface area (Å²) in [5.41, 5.74) is 0. The van der Waals surface area contributed by atoms with Crippen LogP contribution in [-0.4, -0.2) is 50.2 Å². The fraction of sp³-hybridized carbons (Fsp3) is 0.935. The van der Waals surface area contributed by atoms with Crippen molar-refractivity contribution in [3.63, 3.8) is 0 Å². The predicted octanol–water partition coefficient (Wildman–Crippen LogP) is 8.63. The zero-order valence-corrected chi connectivity index (χ0v) is 24.6. The number of ether oxygens (including phenoxy) is 2. The van der Waals surface area contributed by atoms with E-state index in [9.17, 15) is 9.59 Å². The van der Waals surface area contributed by atoms with Crippen LogP contribution in [0.3, 0.4) is 0 Å². The van der Waals surface area contributed by atoms with Crippen molar-refractivity contribution in [2.45, 2.75) is 161 Å². The standard InChI is InChI=1S/C31H61NO4/c1-5-7-9-10-11-12-15-19-23-29(36-31(34)26-22-27-32(3)4)24-20-16-13-14-17-21-28-35-30(33)25-18-8-6-2/h29H,5-28H2,1-4H3/t29-/m0/s1. The zero-order valence-electron chi connectivity index (χ0n) is 24.6. The first-order valence-electron chi connectivity index (χ1n) is 15.5. The Labute approximate surface area is 224 Å². The Morgan fingerprint density at radius 2 is 1.06 bits per heavy atom. The van der Waals surface area contributed by atoms with Crippen LogP contribution in [0.15, 0.2) is 0 Å². The lowest BCUT2D eigenvalue weighted by Gasteiger charge is -2.18. The maximum atomic E-state index is 12.4. The number of hydrogen-bond acceptors (Lipinski definition) is 5. The molecular formula is C31H61NO4. The molecule has 0 aliphatic carbocycles. The maximum absolute atomic E-state index is 12.4. The molecule has 0 saturated heterocycles. The van der Waals surface area contributed by atoms with Crippen LogP contribution in [0.5, 0.6) is 0 Å². The maximum Gasteiger partial charge on any atom is 0.306 e. The third-order valence-electron chi connectivity index (χ3n) is 6.83. The van der Waals surface area contributed by atoms with E-state index in [0.717, 1.165) is 64.3 Å². The van der Waals surface area contributed by atoms with Crippen molar-refractivity contribution >= 4 is 11.9 Å². The van der Waals surface area contributed by atoms with Crippen LogP contribution < -0.4 is 0 Å². The van der Waals surface area contributed by atoms with Gasteiger partial charge < -0.3 is 14.4 Å². The number of unbranched alkanes of at least 4 members (excludes halogenated alkanes) is 14. The van der Waals surface area contributed by atoms with E-state index in [0.29, 0.717) is 19.4 Å². The summed E-state index contributed by atoms with van der Waals surface area (Å²) < 4.78 is 11.2. The molecule has 36 heavy (non-hydrogen) atoms. The van der Waals surface area contributed by atoms with Gasteiger partial charge in [0.05, 0.1) is 6.61 Å². The third-order valence-corrected chi connectivity index (χ3v) is 6.83. The topological polar surface area (TPSA) is 55.8 Å². The first kappa shape index (κ1) is 34.9. The van der Waals surface area contributed by atoms with Gasteiger partial charge in [0.15, 0.2) is 0 Å². The number of rotatable bonds is 27. The van der Waals surface area contributed by atoms with Gasteiger partial charge in [-0.2, -0.15) is 0 Å².